The zero-order chi connectivity index (χ0) is 15.6. The Hall–Kier alpha value is -2.48. The van der Waals surface area contributed by atoms with Crippen LogP contribution in [-0.4, -0.2) is 26.6 Å². The van der Waals surface area contributed by atoms with E-state index in [0.717, 1.165) is 6.07 Å². The minimum Gasteiger partial charge on any atom is -0.497 e. The molecular weight excluding hydrogens is 298 g/mol. The number of carboxylic acid groups (broad SMARTS) is 1. The highest BCUT2D eigenvalue weighted by atomic mass is 32.2. The number of ether oxygens (including phenoxy) is 1. The molecule has 0 atom stereocenters. The lowest BCUT2D eigenvalue weighted by Gasteiger charge is -2.08. The predicted octanol–water partition coefficient (Wildman–Crippen LogP) is 2.10. The Labute approximate surface area is 121 Å². The van der Waals surface area contributed by atoms with Crippen molar-refractivity contribution in [2.24, 2.45) is 0 Å². The van der Waals surface area contributed by atoms with Gasteiger partial charge in [-0.05, 0) is 19.1 Å². The molecule has 1 aromatic carbocycles. The van der Waals surface area contributed by atoms with Crippen LogP contribution in [0.1, 0.15) is 16.3 Å². The van der Waals surface area contributed by atoms with Crippen LogP contribution in [0.5, 0.6) is 5.75 Å². The third-order valence-corrected chi connectivity index (χ3v) is 4.18. The minimum atomic E-state index is -3.94. The van der Waals surface area contributed by atoms with Gasteiger partial charge >= 0.3 is 5.97 Å². The first kappa shape index (κ1) is 14.9. The van der Waals surface area contributed by atoms with Gasteiger partial charge in [0.15, 0.2) is 0 Å². The van der Waals surface area contributed by atoms with Gasteiger partial charge < -0.3 is 14.3 Å². The summed E-state index contributed by atoms with van der Waals surface area (Å²) < 4.78 is 36.8. The Morgan fingerprint density at radius 2 is 2.05 bits per heavy atom. The number of carboxylic acids is 1. The molecule has 8 heteroatoms. The summed E-state index contributed by atoms with van der Waals surface area (Å²) in [4.78, 5) is 10.6. The topological polar surface area (TPSA) is 106 Å². The van der Waals surface area contributed by atoms with Crippen LogP contribution in [0.15, 0.2) is 39.6 Å². The van der Waals surface area contributed by atoms with Crippen molar-refractivity contribution >= 4 is 21.7 Å². The molecule has 1 aromatic heterocycles. The third kappa shape index (κ3) is 3.16. The van der Waals surface area contributed by atoms with Crippen molar-refractivity contribution in [2.45, 2.75) is 11.8 Å². The lowest BCUT2D eigenvalue weighted by Crippen LogP contribution is -2.13. The number of hydrogen-bond donors (Lipinski definition) is 2. The van der Waals surface area contributed by atoms with Gasteiger partial charge in [-0.1, -0.05) is 6.07 Å². The second-order valence-corrected chi connectivity index (χ2v) is 5.82. The number of furan rings is 1. The Kier molecular flexibility index (Phi) is 3.90. The normalized spacial score (nSPS) is 11.1. The van der Waals surface area contributed by atoms with E-state index in [0.29, 0.717) is 11.4 Å². The van der Waals surface area contributed by atoms with Crippen molar-refractivity contribution in [2.75, 3.05) is 11.8 Å². The van der Waals surface area contributed by atoms with E-state index in [2.05, 4.69) is 4.72 Å². The maximum atomic E-state index is 12.3. The third-order valence-electron chi connectivity index (χ3n) is 2.69. The zero-order valence-electron chi connectivity index (χ0n) is 11.3. The highest BCUT2D eigenvalue weighted by Gasteiger charge is 2.24. The van der Waals surface area contributed by atoms with Crippen molar-refractivity contribution in [3.8, 4) is 5.75 Å². The lowest BCUT2D eigenvalue weighted by molar-refractivity contribution is 0.0661. The summed E-state index contributed by atoms with van der Waals surface area (Å²) in [5.74, 6) is -1.27. The van der Waals surface area contributed by atoms with E-state index in [4.69, 9.17) is 14.3 Å². The van der Waals surface area contributed by atoms with Gasteiger partial charge in [0.1, 0.15) is 16.4 Å². The fourth-order valence-corrected chi connectivity index (χ4v) is 2.96. The molecule has 2 N–H and O–H groups in total. The highest BCUT2D eigenvalue weighted by molar-refractivity contribution is 7.92. The lowest BCUT2D eigenvalue weighted by atomic mass is 10.3. The summed E-state index contributed by atoms with van der Waals surface area (Å²) in [6, 6.07) is 7.32. The van der Waals surface area contributed by atoms with Gasteiger partial charge in [0, 0.05) is 12.1 Å². The quantitative estimate of drug-likeness (QED) is 0.876. The molecule has 2 rings (SSSR count). The fraction of sp³-hybridized carbons (Fsp3) is 0.154. The SMILES string of the molecule is COc1cccc(NS(=O)(=O)c2cc(C(=O)O)oc2C)c1. The van der Waals surface area contributed by atoms with Gasteiger partial charge in [-0.25, -0.2) is 13.2 Å². The van der Waals surface area contributed by atoms with Gasteiger partial charge in [0.05, 0.1) is 12.8 Å². The number of sulfonamides is 1. The summed E-state index contributed by atoms with van der Waals surface area (Å²) in [7, 11) is -2.48. The molecule has 0 bridgehead atoms. The van der Waals surface area contributed by atoms with E-state index in [1.807, 2.05) is 0 Å². The molecule has 0 saturated carbocycles. The standard InChI is InChI=1S/C13H13NO6S/c1-8-12(7-11(20-8)13(15)16)21(17,18)14-9-4-3-5-10(6-9)19-2/h3-7,14H,1-2H3,(H,15,16). The fourth-order valence-electron chi connectivity index (χ4n) is 1.73. The molecule has 2 aromatic rings. The summed E-state index contributed by atoms with van der Waals surface area (Å²) in [6.45, 7) is 1.38. The molecule has 0 unspecified atom stereocenters. The van der Waals surface area contributed by atoms with Crippen LogP contribution >= 0.6 is 0 Å². The smallest absolute Gasteiger partial charge is 0.371 e. The van der Waals surface area contributed by atoms with Crippen molar-refractivity contribution in [3.63, 3.8) is 0 Å². The van der Waals surface area contributed by atoms with Crippen LogP contribution < -0.4 is 9.46 Å². The minimum absolute atomic E-state index is 0.00259. The highest BCUT2D eigenvalue weighted by Crippen LogP contribution is 2.24. The number of rotatable bonds is 5. The Bertz CT molecular complexity index is 778. The number of methoxy groups -OCH3 is 1. The first-order valence-electron chi connectivity index (χ1n) is 5.84. The van der Waals surface area contributed by atoms with Crippen LogP contribution in [0, 0.1) is 6.92 Å². The van der Waals surface area contributed by atoms with E-state index in [-0.39, 0.29) is 10.7 Å². The Balaban J connectivity index is 2.36. The van der Waals surface area contributed by atoms with E-state index in [9.17, 15) is 13.2 Å². The molecule has 0 aliphatic carbocycles. The van der Waals surface area contributed by atoms with E-state index >= 15 is 0 Å². The molecule has 0 aliphatic rings. The van der Waals surface area contributed by atoms with Crippen LogP contribution in [0.2, 0.25) is 0 Å². The molecule has 21 heavy (non-hydrogen) atoms. The number of aromatic carboxylic acids is 1. The first-order chi connectivity index (χ1) is 9.83. The molecular formula is C13H13NO6S. The molecule has 0 aliphatic heterocycles. The maximum absolute atomic E-state index is 12.3. The zero-order valence-corrected chi connectivity index (χ0v) is 12.1. The van der Waals surface area contributed by atoms with Crippen molar-refractivity contribution in [3.05, 3.63) is 41.9 Å². The number of aryl methyl sites for hydroxylation is 1. The molecule has 1 heterocycles. The number of carbonyl (C=O) groups is 1. The largest absolute Gasteiger partial charge is 0.497 e. The average molecular weight is 311 g/mol. The van der Waals surface area contributed by atoms with Crippen LogP contribution in [0.3, 0.4) is 0 Å². The van der Waals surface area contributed by atoms with Crippen molar-refractivity contribution in [1.29, 1.82) is 0 Å². The van der Waals surface area contributed by atoms with Gasteiger partial charge in [0.2, 0.25) is 5.76 Å². The molecule has 7 nitrogen and oxygen atoms in total. The number of nitrogens with one attached hydrogen (secondary N) is 1. The van der Waals surface area contributed by atoms with Crippen molar-refractivity contribution < 1.29 is 27.5 Å². The van der Waals surface area contributed by atoms with Crippen LogP contribution in [-0.2, 0) is 10.0 Å². The molecule has 0 saturated heterocycles. The van der Waals surface area contributed by atoms with Gasteiger partial charge in [-0.15, -0.1) is 0 Å². The predicted molar refractivity (Wildman–Crippen MR) is 74.2 cm³/mol. The Morgan fingerprint density at radius 1 is 1.33 bits per heavy atom. The Morgan fingerprint density at radius 3 is 2.62 bits per heavy atom. The monoisotopic (exact) mass is 311 g/mol. The molecule has 0 amide bonds. The molecule has 112 valence electrons. The van der Waals surface area contributed by atoms with Gasteiger partial charge in [0.25, 0.3) is 10.0 Å². The molecule has 0 radical (unpaired) electrons. The summed E-state index contributed by atoms with van der Waals surface area (Å²) in [5, 5.41) is 8.82. The van der Waals surface area contributed by atoms with E-state index in [1.54, 1.807) is 18.2 Å². The summed E-state index contributed by atoms with van der Waals surface area (Å²) >= 11 is 0. The maximum Gasteiger partial charge on any atom is 0.371 e. The second kappa shape index (κ2) is 5.49. The van der Waals surface area contributed by atoms with E-state index < -0.39 is 21.8 Å². The van der Waals surface area contributed by atoms with Gasteiger partial charge in [-0.2, -0.15) is 0 Å². The van der Waals surface area contributed by atoms with E-state index in [1.165, 1.54) is 20.1 Å². The van der Waals surface area contributed by atoms with Crippen LogP contribution in [0.4, 0.5) is 5.69 Å². The molecule has 0 spiro atoms. The summed E-state index contributed by atoms with van der Waals surface area (Å²) in [6.07, 6.45) is 0. The first-order valence-corrected chi connectivity index (χ1v) is 7.32. The molecule has 0 fully saturated rings. The van der Waals surface area contributed by atoms with Gasteiger partial charge in [-0.3, -0.25) is 4.72 Å². The number of anilines is 1. The second-order valence-electron chi connectivity index (χ2n) is 4.17. The number of hydrogen-bond acceptors (Lipinski definition) is 5. The number of benzene rings is 1. The van der Waals surface area contributed by atoms with Crippen molar-refractivity contribution in [1.82, 2.24) is 0 Å². The average Bonchev–Trinajstić information content (AvgIpc) is 2.81. The van der Waals surface area contributed by atoms with Crippen LogP contribution in [0.25, 0.3) is 0 Å². The summed E-state index contributed by atoms with van der Waals surface area (Å²) in [5.41, 5.74) is 0.298.